The molecule has 0 aromatic heterocycles. The maximum atomic E-state index is 10.8. The van der Waals surface area contributed by atoms with Crippen LogP contribution in [0.3, 0.4) is 0 Å². The Labute approximate surface area is 86.9 Å². The molecule has 0 saturated carbocycles. The van der Waals surface area contributed by atoms with Gasteiger partial charge in [-0.15, -0.1) is 0 Å². The van der Waals surface area contributed by atoms with E-state index in [0.29, 0.717) is 5.70 Å². The van der Waals surface area contributed by atoms with Gasteiger partial charge < -0.3 is 5.73 Å². The third-order valence-corrected chi connectivity index (χ3v) is 1.67. The average molecular weight is 205 g/mol. The summed E-state index contributed by atoms with van der Waals surface area (Å²) in [5, 5.41) is 0. The molecule has 0 aliphatic rings. The maximum Gasteiger partial charge on any atom is 0.327 e. The van der Waals surface area contributed by atoms with Gasteiger partial charge in [0.05, 0.1) is 5.70 Å². The highest BCUT2D eigenvalue weighted by molar-refractivity contribution is 6.34. The second kappa shape index (κ2) is 4.80. The van der Waals surface area contributed by atoms with Crippen LogP contribution >= 0.6 is 0 Å². The van der Waals surface area contributed by atoms with Gasteiger partial charge in [-0.05, 0) is 5.56 Å². The fraction of sp³-hybridized carbons (Fsp3) is 0. The molecule has 0 bridgehead atoms. The van der Waals surface area contributed by atoms with Crippen LogP contribution in [-0.2, 0) is 9.59 Å². The molecule has 78 valence electrons. The number of nitrogens with one attached hydrogen (secondary N) is 2. The van der Waals surface area contributed by atoms with Gasteiger partial charge in [0.2, 0.25) is 0 Å². The van der Waals surface area contributed by atoms with Gasteiger partial charge in [0, 0.05) is 0 Å². The number of rotatable bonds is 3. The minimum absolute atomic E-state index is 0.477. The summed E-state index contributed by atoms with van der Waals surface area (Å²) in [4.78, 5) is 21.2. The van der Waals surface area contributed by atoms with Crippen molar-refractivity contribution in [2.45, 2.75) is 0 Å². The van der Waals surface area contributed by atoms with Crippen LogP contribution in [-0.4, -0.2) is 11.8 Å². The summed E-state index contributed by atoms with van der Waals surface area (Å²) in [5.74, 6) is -1.96. The van der Waals surface area contributed by atoms with E-state index in [1.807, 2.05) is 30.3 Å². The monoisotopic (exact) mass is 205 g/mol. The van der Waals surface area contributed by atoms with Gasteiger partial charge in [-0.2, -0.15) is 0 Å². The quantitative estimate of drug-likeness (QED) is 0.470. The van der Waals surface area contributed by atoms with E-state index in [9.17, 15) is 9.59 Å². The van der Waals surface area contributed by atoms with E-state index in [-0.39, 0.29) is 0 Å². The van der Waals surface area contributed by atoms with Gasteiger partial charge in [-0.25, -0.2) is 0 Å². The van der Waals surface area contributed by atoms with Gasteiger partial charge in [0.1, 0.15) is 0 Å². The van der Waals surface area contributed by atoms with Crippen LogP contribution in [0.15, 0.2) is 36.9 Å². The lowest BCUT2D eigenvalue weighted by atomic mass is 10.2. The second-order valence-corrected chi connectivity index (χ2v) is 2.79. The molecule has 0 aliphatic heterocycles. The van der Waals surface area contributed by atoms with Crippen LogP contribution in [0.4, 0.5) is 0 Å². The van der Waals surface area contributed by atoms with Gasteiger partial charge in [0.15, 0.2) is 0 Å². The highest BCUT2D eigenvalue weighted by atomic mass is 16.2. The van der Waals surface area contributed by atoms with E-state index in [2.05, 4.69) is 17.4 Å². The number of amides is 2. The number of hydrogen-bond donors (Lipinski definition) is 3. The SMILES string of the molecule is C=C(NNC(=O)C(N)=O)c1ccccc1. The summed E-state index contributed by atoms with van der Waals surface area (Å²) in [6.45, 7) is 3.68. The Hall–Kier alpha value is -2.30. The molecule has 1 rings (SSSR count). The zero-order valence-corrected chi connectivity index (χ0v) is 7.99. The fourth-order valence-corrected chi connectivity index (χ4v) is 0.905. The molecule has 4 N–H and O–H groups in total. The third-order valence-electron chi connectivity index (χ3n) is 1.67. The highest BCUT2D eigenvalue weighted by Gasteiger charge is 2.07. The molecule has 1 aromatic carbocycles. The van der Waals surface area contributed by atoms with Crippen molar-refractivity contribution in [2.75, 3.05) is 0 Å². The molecular formula is C10H11N3O2. The molecule has 0 heterocycles. The van der Waals surface area contributed by atoms with Crippen LogP contribution in [0.25, 0.3) is 5.70 Å². The predicted molar refractivity (Wildman–Crippen MR) is 55.9 cm³/mol. The molecule has 0 radical (unpaired) electrons. The van der Waals surface area contributed by atoms with E-state index in [4.69, 9.17) is 5.73 Å². The molecule has 0 atom stereocenters. The summed E-state index contributed by atoms with van der Waals surface area (Å²) in [7, 11) is 0. The smallest absolute Gasteiger partial charge is 0.327 e. The molecule has 0 spiro atoms. The summed E-state index contributed by atoms with van der Waals surface area (Å²) >= 11 is 0. The molecular weight excluding hydrogens is 194 g/mol. The van der Waals surface area contributed by atoms with Crippen LogP contribution < -0.4 is 16.6 Å². The van der Waals surface area contributed by atoms with Crippen LogP contribution in [0.2, 0.25) is 0 Å². The van der Waals surface area contributed by atoms with Crippen molar-refractivity contribution in [3.8, 4) is 0 Å². The van der Waals surface area contributed by atoms with Crippen molar-refractivity contribution in [3.63, 3.8) is 0 Å². The van der Waals surface area contributed by atoms with E-state index in [1.165, 1.54) is 0 Å². The van der Waals surface area contributed by atoms with Crippen molar-refractivity contribution < 1.29 is 9.59 Å². The zero-order chi connectivity index (χ0) is 11.3. The molecule has 0 fully saturated rings. The first-order valence-electron chi connectivity index (χ1n) is 4.21. The Balaban J connectivity index is 2.51. The minimum Gasteiger partial charge on any atom is -0.361 e. The summed E-state index contributed by atoms with van der Waals surface area (Å²) in [5.41, 5.74) is 10.6. The van der Waals surface area contributed by atoms with Crippen LogP contribution in [0.5, 0.6) is 0 Å². The van der Waals surface area contributed by atoms with Crippen molar-refractivity contribution in [3.05, 3.63) is 42.5 Å². The Morgan fingerprint density at radius 3 is 2.27 bits per heavy atom. The van der Waals surface area contributed by atoms with E-state index >= 15 is 0 Å². The molecule has 0 saturated heterocycles. The molecule has 15 heavy (non-hydrogen) atoms. The first-order valence-corrected chi connectivity index (χ1v) is 4.21. The van der Waals surface area contributed by atoms with Gasteiger partial charge >= 0.3 is 11.8 Å². The number of benzene rings is 1. The molecule has 0 unspecified atom stereocenters. The standard InChI is InChI=1S/C10H11N3O2/c1-7(8-5-3-2-4-6-8)12-13-10(15)9(11)14/h2-6,12H,1H2,(H2,11,14)(H,13,15). The van der Waals surface area contributed by atoms with Crippen LogP contribution in [0.1, 0.15) is 5.56 Å². The Bertz CT molecular complexity index is 387. The topological polar surface area (TPSA) is 84.2 Å². The van der Waals surface area contributed by atoms with Gasteiger partial charge in [-0.3, -0.25) is 20.4 Å². The third kappa shape index (κ3) is 3.15. The molecule has 5 heteroatoms. The Kier molecular flexibility index (Phi) is 3.45. The minimum atomic E-state index is -1.05. The van der Waals surface area contributed by atoms with Crippen molar-refractivity contribution in [1.29, 1.82) is 0 Å². The summed E-state index contributed by atoms with van der Waals surface area (Å²) in [6, 6.07) is 9.15. The van der Waals surface area contributed by atoms with Crippen molar-refractivity contribution in [2.24, 2.45) is 5.73 Å². The number of hydrogen-bond acceptors (Lipinski definition) is 3. The van der Waals surface area contributed by atoms with E-state index in [0.717, 1.165) is 5.56 Å². The summed E-state index contributed by atoms with van der Waals surface area (Å²) in [6.07, 6.45) is 0. The van der Waals surface area contributed by atoms with Crippen LogP contribution in [0, 0.1) is 0 Å². The lowest BCUT2D eigenvalue weighted by molar-refractivity contribution is -0.137. The molecule has 5 nitrogen and oxygen atoms in total. The number of carbonyl (C=O) groups is 2. The molecule has 2 amide bonds. The Morgan fingerprint density at radius 2 is 1.73 bits per heavy atom. The van der Waals surface area contributed by atoms with Crippen molar-refractivity contribution >= 4 is 17.5 Å². The normalized spacial score (nSPS) is 9.07. The largest absolute Gasteiger partial charge is 0.361 e. The number of primary amides is 1. The first kappa shape index (κ1) is 10.8. The molecule has 0 aliphatic carbocycles. The molecule has 1 aromatic rings. The lowest BCUT2D eigenvalue weighted by Gasteiger charge is -2.09. The Morgan fingerprint density at radius 1 is 1.13 bits per heavy atom. The number of nitrogens with two attached hydrogens (primary N) is 1. The predicted octanol–water partition coefficient (Wildman–Crippen LogP) is -0.237. The zero-order valence-electron chi connectivity index (χ0n) is 7.99. The average Bonchev–Trinajstić information content (AvgIpc) is 2.26. The second-order valence-electron chi connectivity index (χ2n) is 2.79. The fourth-order valence-electron chi connectivity index (χ4n) is 0.905. The summed E-state index contributed by atoms with van der Waals surface area (Å²) < 4.78 is 0. The van der Waals surface area contributed by atoms with E-state index < -0.39 is 11.8 Å². The van der Waals surface area contributed by atoms with Gasteiger partial charge in [-0.1, -0.05) is 36.9 Å². The maximum absolute atomic E-state index is 10.8. The highest BCUT2D eigenvalue weighted by Crippen LogP contribution is 2.06. The van der Waals surface area contributed by atoms with Crippen molar-refractivity contribution in [1.82, 2.24) is 10.9 Å². The number of hydrazine groups is 1. The van der Waals surface area contributed by atoms with E-state index in [1.54, 1.807) is 0 Å². The van der Waals surface area contributed by atoms with Gasteiger partial charge in [0.25, 0.3) is 0 Å². The lowest BCUT2D eigenvalue weighted by Crippen LogP contribution is -2.43. The first-order chi connectivity index (χ1) is 7.11. The number of carbonyl (C=O) groups excluding carboxylic acids is 2.